The Hall–Kier alpha value is -2.99. The Balaban J connectivity index is 1.54. The number of esters is 1. The molecule has 0 fully saturated rings. The zero-order valence-electron chi connectivity index (χ0n) is 22.4. The van der Waals surface area contributed by atoms with Gasteiger partial charge in [-0.15, -0.1) is 0 Å². The van der Waals surface area contributed by atoms with Crippen LogP contribution in [0.1, 0.15) is 42.1 Å². The van der Waals surface area contributed by atoms with E-state index in [-0.39, 0.29) is 17.7 Å². The number of allylic oxidation sites excluding steroid dienone is 1. The summed E-state index contributed by atoms with van der Waals surface area (Å²) in [6.07, 6.45) is 1.82. The fourth-order valence-corrected chi connectivity index (χ4v) is 7.98. The van der Waals surface area contributed by atoms with Gasteiger partial charge in [0, 0.05) is 5.02 Å². The molecule has 5 rings (SSSR count). The minimum Gasteiger partial charge on any atom is -0.487 e. The third-order valence-corrected chi connectivity index (χ3v) is 9.43. The van der Waals surface area contributed by atoms with Crippen molar-refractivity contribution in [2.45, 2.75) is 26.5 Å². The van der Waals surface area contributed by atoms with Crippen molar-refractivity contribution >= 4 is 80.2 Å². The number of hydrogen-bond donors (Lipinski definition) is 0. The lowest BCUT2D eigenvalue weighted by Gasteiger charge is -2.25. The van der Waals surface area contributed by atoms with Gasteiger partial charge in [0.1, 0.15) is 18.4 Å². The quantitative estimate of drug-likeness (QED) is 0.166. The van der Waals surface area contributed by atoms with Crippen LogP contribution in [-0.4, -0.2) is 17.1 Å². The highest BCUT2D eigenvalue weighted by atomic mass is 127. The van der Waals surface area contributed by atoms with Gasteiger partial charge in [-0.05, 0) is 112 Å². The van der Waals surface area contributed by atoms with E-state index in [9.17, 15) is 9.59 Å². The molecule has 1 aromatic heterocycles. The van der Waals surface area contributed by atoms with Gasteiger partial charge in [0.15, 0.2) is 4.80 Å². The summed E-state index contributed by atoms with van der Waals surface area (Å²) in [5.74, 6) is 0.214. The maximum atomic E-state index is 13.9. The summed E-state index contributed by atoms with van der Waals surface area (Å²) < 4.78 is 15.2. The molecule has 11 heteroatoms. The molecule has 1 atom stereocenters. The zero-order chi connectivity index (χ0) is 30.0. The van der Waals surface area contributed by atoms with Gasteiger partial charge in [0.05, 0.1) is 41.2 Å². The minimum atomic E-state index is -0.769. The van der Waals surface area contributed by atoms with E-state index in [1.165, 1.54) is 15.9 Å². The van der Waals surface area contributed by atoms with Gasteiger partial charge in [0.25, 0.3) is 5.56 Å². The van der Waals surface area contributed by atoms with Crippen LogP contribution in [0.5, 0.6) is 5.75 Å². The van der Waals surface area contributed by atoms with Gasteiger partial charge < -0.3 is 9.47 Å². The third-order valence-electron chi connectivity index (χ3n) is 6.50. The average molecular weight is 822 g/mol. The molecule has 1 aliphatic heterocycles. The van der Waals surface area contributed by atoms with Gasteiger partial charge >= 0.3 is 5.97 Å². The van der Waals surface area contributed by atoms with E-state index in [1.54, 1.807) is 38.1 Å². The molecule has 0 amide bonds. The molecule has 0 bridgehead atoms. The Morgan fingerprint density at radius 1 is 1.17 bits per heavy atom. The van der Waals surface area contributed by atoms with Crippen molar-refractivity contribution in [3.63, 3.8) is 0 Å². The number of aromatic nitrogens is 1. The monoisotopic (exact) mass is 821 g/mol. The molecule has 0 spiro atoms. The molecular formula is C31H22ClI2N3O4S. The number of benzene rings is 3. The van der Waals surface area contributed by atoms with E-state index in [0.717, 1.165) is 24.0 Å². The van der Waals surface area contributed by atoms with Crippen LogP contribution in [0.3, 0.4) is 0 Å². The van der Waals surface area contributed by atoms with E-state index < -0.39 is 12.0 Å². The summed E-state index contributed by atoms with van der Waals surface area (Å²) >= 11 is 12.3. The molecule has 42 heavy (non-hydrogen) atoms. The van der Waals surface area contributed by atoms with Crippen LogP contribution in [0.15, 0.2) is 81.7 Å². The third kappa shape index (κ3) is 6.20. The van der Waals surface area contributed by atoms with Crippen LogP contribution in [-0.2, 0) is 16.1 Å². The van der Waals surface area contributed by atoms with Crippen molar-refractivity contribution in [2.75, 3.05) is 6.61 Å². The highest BCUT2D eigenvalue weighted by molar-refractivity contribution is 14.1. The van der Waals surface area contributed by atoms with E-state index in [2.05, 4.69) is 56.2 Å². The maximum Gasteiger partial charge on any atom is 0.338 e. The predicted octanol–water partition coefficient (Wildman–Crippen LogP) is 6.11. The first-order chi connectivity index (χ1) is 20.2. The van der Waals surface area contributed by atoms with Crippen molar-refractivity contribution in [2.24, 2.45) is 4.99 Å². The van der Waals surface area contributed by atoms with Gasteiger partial charge in [0.2, 0.25) is 0 Å². The fourth-order valence-electron chi connectivity index (χ4n) is 4.57. The van der Waals surface area contributed by atoms with Crippen LogP contribution < -0.4 is 19.6 Å². The molecule has 212 valence electrons. The second-order valence-electron chi connectivity index (χ2n) is 9.23. The fraction of sp³-hybridized carbons (Fsp3) is 0.161. The number of ether oxygens (including phenoxy) is 2. The largest absolute Gasteiger partial charge is 0.487 e. The number of fused-ring (bicyclic) bond motifs is 1. The SMILES string of the molecule is CCOC(=O)C1=C(C)N=c2s/c(=C\c3cc(I)c(OCc4ccc(C#N)cc4)c(I)c3)c(=O)n2[C@@H]1c1ccccc1Cl. The van der Waals surface area contributed by atoms with Crippen LogP contribution in [0, 0.1) is 18.5 Å². The zero-order valence-corrected chi connectivity index (χ0v) is 28.2. The van der Waals surface area contributed by atoms with Gasteiger partial charge in [-0.3, -0.25) is 9.36 Å². The molecule has 0 saturated heterocycles. The number of carbonyl (C=O) groups is 1. The molecule has 4 aromatic rings. The summed E-state index contributed by atoms with van der Waals surface area (Å²) in [7, 11) is 0. The van der Waals surface area contributed by atoms with Crippen LogP contribution in [0.25, 0.3) is 6.08 Å². The van der Waals surface area contributed by atoms with E-state index >= 15 is 0 Å². The van der Waals surface area contributed by atoms with Crippen LogP contribution in [0.2, 0.25) is 5.02 Å². The highest BCUT2D eigenvalue weighted by Crippen LogP contribution is 2.34. The molecule has 1 aliphatic rings. The first kappa shape index (κ1) is 30.5. The van der Waals surface area contributed by atoms with Gasteiger partial charge in [-0.2, -0.15) is 5.26 Å². The molecule has 0 aliphatic carbocycles. The smallest absolute Gasteiger partial charge is 0.338 e. The second kappa shape index (κ2) is 13.1. The highest BCUT2D eigenvalue weighted by Gasteiger charge is 2.34. The first-order valence-electron chi connectivity index (χ1n) is 12.8. The van der Waals surface area contributed by atoms with Crippen molar-refractivity contribution < 1.29 is 14.3 Å². The van der Waals surface area contributed by atoms with Crippen molar-refractivity contribution in [3.8, 4) is 11.8 Å². The lowest BCUT2D eigenvalue weighted by molar-refractivity contribution is -0.139. The number of carbonyl (C=O) groups excluding carboxylic acids is 1. The number of thiazole rings is 1. The number of hydrogen-bond acceptors (Lipinski definition) is 7. The summed E-state index contributed by atoms with van der Waals surface area (Å²) in [5, 5.41) is 9.45. The van der Waals surface area contributed by atoms with E-state index in [0.29, 0.717) is 37.8 Å². The second-order valence-corrected chi connectivity index (χ2v) is 13.0. The van der Waals surface area contributed by atoms with E-state index in [1.807, 2.05) is 42.5 Å². The summed E-state index contributed by atoms with van der Waals surface area (Å²) in [5.41, 5.74) is 3.51. The predicted molar refractivity (Wildman–Crippen MR) is 179 cm³/mol. The Morgan fingerprint density at radius 3 is 2.50 bits per heavy atom. The van der Waals surface area contributed by atoms with Crippen molar-refractivity contribution in [3.05, 3.63) is 126 Å². The Labute approximate surface area is 278 Å². The van der Waals surface area contributed by atoms with Gasteiger partial charge in [-0.1, -0.05) is 53.3 Å². The topological polar surface area (TPSA) is 93.7 Å². The number of nitriles is 1. The summed E-state index contributed by atoms with van der Waals surface area (Å²) in [4.78, 5) is 32.1. The number of nitrogens with zero attached hydrogens (tertiary/aromatic N) is 3. The molecule has 0 N–H and O–H groups in total. The lowest BCUT2D eigenvalue weighted by atomic mass is 9.96. The normalized spacial score (nSPS) is 14.7. The van der Waals surface area contributed by atoms with Crippen LogP contribution >= 0.6 is 68.1 Å². The molecule has 2 heterocycles. The molecule has 3 aromatic carbocycles. The molecular weight excluding hydrogens is 800 g/mol. The first-order valence-corrected chi connectivity index (χ1v) is 16.1. The molecule has 0 unspecified atom stereocenters. The molecule has 7 nitrogen and oxygen atoms in total. The van der Waals surface area contributed by atoms with Gasteiger partial charge in [-0.25, -0.2) is 9.79 Å². The van der Waals surface area contributed by atoms with Crippen molar-refractivity contribution in [1.82, 2.24) is 4.57 Å². The molecule has 0 radical (unpaired) electrons. The Bertz CT molecular complexity index is 1940. The van der Waals surface area contributed by atoms with Crippen LogP contribution in [0.4, 0.5) is 0 Å². The molecule has 0 saturated carbocycles. The summed E-state index contributed by atoms with van der Waals surface area (Å²) in [6, 6.07) is 19.7. The maximum absolute atomic E-state index is 13.9. The average Bonchev–Trinajstić information content (AvgIpc) is 3.26. The number of halogens is 3. The number of rotatable bonds is 7. The van der Waals surface area contributed by atoms with E-state index in [4.69, 9.17) is 26.3 Å². The summed E-state index contributed by atoms with van der Waals surface area (Å²) in [6.45, 7) is 4.04. The standard InChI is InChI=1S/C31H22ClI2N3O4S/c1-3-40-30(39)26-17(2)36-31-37(27(26)21-6-4-5-7-22(21)32)29(38)25(42-31)14-20-12-23(33)28(24(34)13-20)41-16-19-10-8-18(15-35)9-11-19/h4-14,27H,3,16H2,1-2H3/b25-14-/t27-/m1/s1. The Morgan fingerprint density at radius 2 is 1.86 bits per heavy atom. The van der Waals surface area contributed by atoms with Crippen molar-refractivity contribution in [1.29, 1.82) is 5.26 Å². The lowest BCUT2D eigenvalue weighted by Crippen LogP contribution is -2.40. The minimum absolute atomic E-state index is 0.194. The Kier molecular flexibility index (Phi) is 9.51.